The van der Waals surface area contributed by atoms with Crippen molar-refractivity contribution in [3.8, 4) is 0 Å². The lowest BCUT2D eigenvalue weighted by atomic mass is 9.48. The molecular weight excluding hydrogens is 430 g/mol. The maximum absolute atomic E-state index is 13.8. The van der Waals surface area contributed by atoms with Crippen LogP contribution >= 0.6 is 0 Å². The summed E-state index contributed by atoms with van der Waals surface area (Å²) in [6, 6.07) is 0. The topological polar surface area (TPSA) is 61.8 Å². The van der Waals surface area contributed by atoms with Crippen molar-refractivity contribution in [2.24, 2.45) is 46.8 Å². The van der Waals surface area contributed by atoms with Crippen LogP contribution in [0.1, 0.15) is 77.6 Å². The highest BCUT2D eigenvalue weighted by molar-refractivity contribution is 5.79. The van der Waals surface area contributed by atoms with Crippen molar-refractivity contribution in [2.45, 2.75) is 95.7 Å². The molecule has 8 aliphatic carbocycles. The third-order valence-electron chi connectivity index (χ3n) is 10.2. The highest BCUT2D eigenvalue weighted by atomic mass is 19.3. The van der Waals surface area contributed by atoms with Gasteiger partial charge in [-0.3, -0.25) is 4.79 Å². The lowest BCUT2D eigenvalue weighted by Crippen LogP contribution is -2.58. The molecule has 0 aromatic carbocycles. The number of esters is 2. The van der Waals surface area contributed by atoms with E-state index < -0.39 is 29.8 Å². The van der Waals surface area contributed by atoms with E-state index in [2.05, 4.69) is 0 Å². The molecular formula is C26H36F2O5. The van der Waals surface area contributed by atoms with Crippen molar-refractivity contribution in [1.29, 1.82) is 0 Å². The minimum absolute atomic E-state index is 0.0225. The van der Waals surface area contributed by atoms with Crippen LogP contribution in [-0.2, 0) is 23.8 Å². The summed E-state index contributed by atoms with van der Waals surface area (Å²) in [6.07, 6.45) is 9.20. The van der Waals surface area contributed by atoms with Gasteiger partial charge in [0.1, 0.15) is 6.10 Å². The summed E-state index contributed by atoms with van der Waals surface area (Å²) in [7, 11) is 0. The molecule has 0 amide bonds. The van der Waals surface area contributed by atoms with Gasteiger partial charge >= 0.3 is 17.9 Å². The molecule has 0 radical (unpaired) electrons. The molecule has 7 heteroatoms. The molecule has 0 spiro atoms. The minimum Gasteiger partial charge on any atom is -0.457 e. The predicted molar refractivity (Wildman–Crippen MR) is 114 cm³/mol. The van der Waals surface area contributed by atoms with Crippen LogP contribution in [0.5, 0.6) is 0 Å². The van der Waals surface area contributed by atoms with Crippen molar-refractivity contribution >= 4 is 11.9 Å². The van der Waals surface area contributed by atoms with Gasteiger partial charge in [-0.15, -0.1) is 0 Å². The highest BCUT2D eigenvalue weighted by Gasteiger charge is 2.61. The number of alkyl halides is 2. The predicted octanol–water partition coefficient (Wildman–Crippen LogP) is 5.11. The number of hydrogen-bond donors (Lipinski definition) is 0. The zero-order valence-corrected chi connectivity index (χ0v) is 19.5. The van der Waals surface area contributed by atoms with Crippen molar-refractivity contribution in [2.75, 3.05) is 6.79 Å². The summed E-state index contributed by atoms with van der Waals surface area (Å²) < 4.78 is 44.9. The second-order valence-electron chi connectivity index (χ2n) is 12.3. The average Bonchev–Trinajstić information content (AvgIpc) is 2.76. The van der Waals surface area contributed by atoms with Gasteiger partial charge < -0.3 is 14.2 Å². The Hall–Kier alpha value is -1.24. The van der Waals surface area contributed by atoms with Crippen LogP contribution in [0.15, 0.2) is 0 Å². The van der Waals surface area contributed by atoms with Crippen molar-refractivity contribution in [3.63, 3.8) is 0 Å². The van der Waals surface area contributed by atoms with Crippen LogP contribution in [0, 0.1) is 46.8 Å². The van der Waals surface area contributed by atoms with E-state index in [-0.39, 0.29) is 30.7 Å². The van der Waals surface area contributed by atoms with Gasteiger partial charge in [-0.05, 0) is 106 Å². The van der Waals surface area contributed by atoms with Crippen molar-refractivity contribution in [3.05, 3.63) is 0 Å². The molecule has 8 rings (SSSR count). The molecule has 5 nitrogen and oxygen atoms in total. The number of carbonyl (C=O) groups is 2. The lowest BCUT2D eigenvalue weighted by Gasteiger charge is -2.58. The Morgan fingerprint density at radius 3 is 1.97 bits per heavy atom. The van der Waals surface area contributed by atoms with E-state index in [1.807, 2.05) is 0 Å². The van der Waals surface area contributed by atoms with Crippen LogP contribution in [0.3, 0.4) is 0 Å². The Morgan fingerprint density at radius 2 is 1.39 bits per heavy atom. The number of carbonyl (C=O) groups excluding carboxylic acids is 2. The SMILES string of the molecule is CCC(F)(F)C(=O)OC1C2CC3CC1CC(C(=O)OCOC1C4CC5CC(C4)CC1C5)(C3)C2. The van der Waals surface area contributed by atoms with Gasteiger partial charge in [0.2, 0.25) is 0 Å². The van der Waals surface area contributed by atoms with Gasteiger partial charge in [0, 0.05) is 6.42 Å². The molecule has 2 unspecified atom stereocenters. The molecule has 0 aromatic heterocycles. The van der Waals surface area contributed by atoms with E-state index in [0.29, 0.717) is 30.6 Å². The van der Waals surface area contributed by atoms with Gasteiger partial charge in [-0.25, -0.2) is 4.79 Å². The monoisotopic (exact) mass is 466 g/mol. The molecule has 0 heterocycles. The van der Waals surface area contributed by atoms with Gasteiger partial charge in [0.15, 0.2) is 6.79 Å². The van der Waals surface area contributed by atoms with Crippen LogP contribution in [0.25, 0.3) is 0 Å². The third kappa shape index (κ3) is 3.71. The second-order valence-corrected chi connectivity index (χ2v) is 12.3. The van der Waals surface area contributed by atoms with Crippen molar-refractivity contribution in [1.82, 2.24) is 0 Å². The van der Waals surface area contributed by atoms with Crippen LogP contribution < -0.4 is 0 Å². The lowest BCUT2D eigenvalue weighted by molar-refractivity contribution is -0.218. The fraction of sp³-hybridized carbons (Fsp3) is 0.923. The molecule has 2 atom stereocenters. The Bertz CT molecular complexity index is 769. The first kappa shape index (κ1) is 22.2. The van der Waals surface area contributed by atoms with Crippen molar-refractivity contribution < 1.29 is 32.6 Å². The molecule has 184 valence electrons. The Balaban J connectivity index is 1.06. The van der Waals surface area contributed by atoms with Gasteiger partial charge in [-0.2, -0.15) is 8.78 Å². The summed E-state index contributed by atoms with van der Waals surface area (Å²) in [6.45, 7) is 1.31. The van der Waals surface area contributed by atoms with Gasteiger partial charge in [0.25, 0.3) is 0 Å². The average molecular weight is 467 g/mol. The first-order chi connectivity index (χ1) is 15.8. The standard InChI is InChI=1S/C26H36F2O5/c1-2-26(27,28)24(30)33-22-19-8-16-9-20(22)12-25(10-16,11-19)23(29)32-13-31-21-17-4-14-3-15(6-17)7-18(21)5-14/h14-22H,2-13H2,1H3. The Labute approximate surface area is 194 Å². The zero-order chi connectivity index (χ0) is 23.0. The fourth-order valence-electron chi connectivity index (χ4n) is 9.24. The first-order valence-electron chi connectivity index (χ1n) is 13.1. The number of hydrogen-bond acceptors (Lipinski definition) is 5. The molecule has 0 aliphatic heterocycles. The molecule has 0 N–H and O–H groups in total. The largest absolute Gasteiger partial charge is 0.457 e. The number of rotatable bonds is 7. The Morgan fingerprint density at radius 1 is 0.818 bits per heavy atom. The minimum atomic E-state index is -3.44. The molecule has 8 fully saturated rings. The quantitative estimate of drug-likeness (QED) is 0.385. The summed E-state index contributed by atoms with van der Waals surface area (Å²) in [5, 5.41) is 0. The van der Waals surface area contributed by atoms with Gasteiger partial charge in [0.05, 0.1) is 11.5 Å². The van der Waals surface area contributed by atoms with E-state index in [0.717, 1.165) is 31.1 Å². The summed E-state index contributed by atoms with van der Waals surface area (Å²) in [5.41, 5.74) is -0.569. The molecule has 0 saturated heterocycles. The summed E-state index contributed by atoms with van der Waals surface area (Å²) in [4.78, 5) is 25.3. The normalized spacial score (nSPS) is 47.1. The van der Waals surface area contributed by atoms with E-state index in [1.165, 1.54) is 39.0 Å². The first-order valence-corrected chi connectivity index (χ1v) is 13.1. The molecule has 0 aromatic rings. The van der Waals surface area contributed by atoms with Crippen LogP contribution in [0.4, 0.5) is 8.78 Å². The molecule has 8 bridgehead atoms. The van der Waals surface area contributed by atoms with Crippen LogP contribution in [0.2, 0.25) is 0 Å². The molecule has 8 saturated carbocycles. The number of ether oxygens (including phenoxy) is 3. The highest BCUT2D eigenvalue weighted by Crippen LogP contribution is 2.61. The maximum atomic E-state index is 13.8. The zero-order valence-electron chi connectivity index (χ0n) is 19.5. The maximum Gasteiger partial charge on any atom is 0.377 e. The molecule has 33 heavy (non-hydrogen) atoms. The van der Waals surface area contributed by atoms with E-state index >= 15 is 0 Å². The van der Waals surface area contributed by atoms with E-state index in [1.54, 1.807) is 0 Å². The number of halogens is 2. The summed E-state index contributed by atoms with van der Waals surface area (Å²) in [5.74, 6) is -1.76. The Kier molecular flexibility index (Phi) is 5.32. The van der Waals surface area contributed by atoms with E-state index in [9.17, 15) is 18.4 Å². The molecule has 8 aliphatic rings. The third-order valence-corrected chi connectivity index (χ3v) is 10.2. The van der Waals surface area contributed by atoms with E-state index in [4.69, 9.17) is 14.2 Å². The smallest absolute Gasteiger partial charge is 0.377 e. The summed E-state index contributed by atoms with van der Waals surface area (Å²) >= 11 is 0. The van der Waals surface area contributed by atoms with Crippen LogP contribution in [-0.4, -0.2) is 36.9 Å². The second kappa shape index (κ2) is 7.89. The fourth-order valence-corrected chi connectivity index (χ4v) is 9.24. The van der Waals surface area contributed by atoms with Gasteiger partial charge in [-0.1, -0.05) is 6.92 Å².